The first-order valence-electron chi connectivity index (χ1n) is 22.1. The lowest BCUT2D eigenvalue weighted by molar-refractivity contribution is -0.155. The van der Waals surface area contributed by atoms with E-state index in [1.165, 1.54) is 16.3 Å². The number of hydrazine groups is 1. The van der Waals surface area contributed by atoms with Gasteiger partial charge in [-0.05, 0) is 80.2 Å². The van der Waals surface area contributed by atoms with E-state index >= 15 is 0 Å². The van der Waals surface area contributed by atoms with Crippen LogP contribution in [0.25, 0.3) is 33.4 Å². The fraction of sp³-hybridized carbons (Fsp3) is 0.521. The Morgan fingerprint density at radius 2 is 1.86 bits per heavy atom. The summed E-state index contributed by atoms with van der Waals surface area (Å²) < 4.78 is 8.32. The highest BCUT2D eigenvalue weighted by Gasteiger charge is 2.58. The molecular weight excluding hydrogens is 817 g/mol. The van der Waals surface area contributed by atoms with E-state index in [4.69, 9.17) is 14.7 Å². The van der Waals surface area contributed by atoms with Crippen LogP contribution in [-0.4, -0.2) is 110 Å². The van der Waals surface area contributed by atoms with E-state index < -0.39 is 46.7 Å². The molecule has 15 heteroatoms. The highest BCUT2D eigenvalue weighted by atomic mass is 32.1. The Labute approximate surface area is 373 Å². The Bertz CT molecular complexity index is 2540. The number of cyclic esters (lactones) is 1. The fourth-order valence-electron chi connectivity index (χ4n) is 9.87. The molecule has 4 amide bonds. The number of hydrogen-bond acceptors (Lipinski definition) is 10. The van der Waals surface area contributed by atoms with E-state index in [-0.39, 0.29) is 49.8 Å². The van der Waals surface area contributed by atoms with Gasteiger partial charge in [-0.3, -0.25) is 34.0 Å². The van der Waals surface area contributed by atoms with Gasteiger partial charge >= 0.3 is 5.97 Å². The maximum atomic E-state index is 14.6. The van der Waals surface area contributed by atoms with Gasteiger partial charge in [0.25, 0.3) is 11.8 Å². The number of esters is 1. The number of amides is 4. The summed E-state index contributed by atoms with van der Waals surface area (Å²) in [6.45, 7) is 15.2. The highest BCUT2D eigenvalue weighted by molar-refractivity contribution is 7.10. The number of hydrogen-bond donors (Lipinski definition) is 2. The minimum atomic E-state index is -1.06. The van der Waals surface area contributed by atoms with Crippen molar-refractivity contribution in [1.82, 2.24) is 40.1 Å². The van der Waals surface area contributed by atoms with Crippen LogP contribution < -0.4 is 10.7 Å². The first-order chi connectivity index (χ1) is 30.0. The molecule has 3 atom stereocenters. The summed E-state index contributed by atoms with van der Waals surface area (Å²) in [6.07, 6.45) is 4.09. The number of likely N-dealkylation sites (tertiary alicyclic amines) is 2. The smallest absolute Gasteiger partial charge is 0.324 e. The largest absolute Gasteiger partial charge is 0.464 e. The first-order valence-corrected chi connectivity index (χ1v) is 23.0. The number of pyridine rings is 1. The molecule has 63 heavy (non-hydrogen) atoms. The van der Waals surface area contributed by atoms with E-state index in [1.54, 1.807) is 16.7 Å². The van der Waals surface area contributed by atoms with E-state index in [1.807, 2.05) is 31.5 Å². The van der Waals surface area contributed by atoms with Crippen LogP contribution >= 0.6 is 11.3 Å². The number of thiazole rings is 1. The second-order valence-electron chi connectivity index (χ2n) is 19.1. The van der Waals surface area contributed by atoms with Gasteiger partial charge in [0.15, 0.2) is 0 Å². The van der Waals surface area contributed by atoms with Gasteiger partial charge in [0.05, 0.1) is 34.1 Å². The number of carbonyl (C=O) groups excluding carboxylic acids is 5. The third-order valence-electron chi connectivity index (χ3n) is 13.1. The Morgan fingerprint density at radius 3 is 2.59 bits per heavy atom. The molecule has 3 saturated heterocycles. The molecule has 4 aromatic rings. The number of carbonyl (C=O) groups is 5. The second kappa shape index (κ2) is 17.2. The molecule has 4 aliphatic heterocycles. The van der Waals surface area contributed by atoms with Gasteiger partial charge in [-0.15, -0.1) is 11.3 Å². The van der Waals surface area contributed by atoms with Gasteiger partial charge < -0.3 is 24.4 Å². The van der Waals surface area contributed by atoms with Crippen molar-refractivity contribution < 1.29 is 28.7 Å². The normalized spacial score (nSPS) is 21.6. The van der Waals surface area contributed by atoms with Crippen LogP contribution in [0.15, 0.2) is 41.9 Å². The molecule has 0 aliphatic carbocycles. The molecule has 2 N–H and O–H groups in total. The second-order valence-corrected chi connectivity index (χ2v) is 20.1. The Kier molecular flexibility index (Phi) is 12.0. The van der Waals surface area contributed by atoms with E-state index in [2.05, 4.69) is 86.2 Å². The Morgan fingerprint density at radius 1 is 1.08 bits per heavy atom. The molecule has 3 fully saturated rings. The van der Waals surface area contributed by atoms with Crippen LogP contribution in [0.4, 0.5) is 0 Å². The third kappa shape index (κ3) is 8.35. The average Bonchev–Trinajstić information content (AvgIpc) is 3.92. The Hall–Kier alpha value is -5.59. The summed E-state index contributed by atoms with van der Waals surface area (Å²) in [5.74, 6) is 3.31. The lowest BCUT2D eigenvalue weighted by Crippen LogP contribution is -2.64. The molecule has 8 rings (SSSR count). The van der Waals surface area contributed by atoms with Crippen molar-refractivity contribution >= 4 is 51.8 Å². The van der Waals surface area contributed by atoms with Gasteiger partial charge in [0.1, 0.15) is 18.1 Å². The molecule has 0 unspecified atom stereocenters. The molecule has 6 bridgehead atoms. The van der Waals surface area contributed by atoms with Crippen molar-refractivity contribution in [3.8, 4) is 34.4 Å². The standard InChI is InChI=1S/C48H58N8O6S/c1-9-12-39(57)54-25-48(26-54)17-20-55(46(48)61)41(29(4)5)43(58)51-35-22-38-50-36(24-63-38)30-15-16-37-32(21-30)33(42(53(37)8)31-13-10-18-49-40(31)28(2)3)23-47(6,7)27-62-45(60)34-14-11-19-56(52-34)44(35)59/h10,13,15-16,18,21,24,28-29,34-35,41,52H,11,14,17,19-20,22-23,25-27H2,1-8H3,(H,51,58)/t34-,35-,41-/m0/s1. The van der Waals surface area contributed by atoms with Crippen LogP contribution in [0, 0.1) is 28.6 Å². The summed E-state index contributed by atoms with van der Waals surface area (Å²) >= 11 is 1.42. The fourth-order valence-corrected chi connectivity index (χ4v) is 10.7. The molecule has 1 aromatic carbocycles. The van der Waals surface area contributed by atoms with Gasteiger partial charge in [-0.1, -0.05) is 53.5 Å². The molecule has 3 aromatic heterocycles. The quantitative estimate of drug-likeness (QED) is 0.195. The zero-order valence-electron chi connectivity index (χ0n) is 37.5. The zero-order valence-corrected chi connectivity index (χ0v) is 38.4. The lowest BCUT2D eigenvalue weighted by atomic mass is 9.78. The predicted molar refractivity (Wildman–Crippen MR) is 241 cm³/mol. The number of aryl methyl sites for hydroxylation is 1. The predicted octanol–water partition coefficient (Wildman–Crippen LogP) is 5.24. The van der Waals surface area contributed by atoms with E-state index in [0.717, 1.165) is 44.7 Å². The molecule has 7 heterocycles. The van der Waals surface area contributed by atoms with Crippen LogP contribution in [-0.2, 0) is 48.6 Å². The lowest BCUT2D eigenvalue weighted by Gasteiger charge is -2.46. The zero-order chi connectivity index (χ0) is 45.0. The summed E-state index contributed by atoms with van der Waals surface area (Å²) in [6, 6.07) is 7.79. The molecule has 14 nitrogen and oxygen atoms in total. The minimum absolute atomic E-state index is 0.0942. The minimum Gasteiger partial charge on any atom is -0.464 e. The van der Waals surface area contributed by atoms with Crippen LogP contribution in [0.3, 0.4) is 0 Å². The number of nitrogens with zero attached hydrogens (tertiary/aromatic N) is 6. The monoisotopic (exact) mass is 874 g/mol. The number of ether oxygens (including phenoxy) is 1. The van der Waals surface area contributed by atoms with Gasteiger partial charge in [0.2, 0.25) is 11.8 Å². The molecule has 0 radical (unpaired) electrons. The van der Waals surface area contributed by atoms with Crippen LogP contribution in [0.5, 0.6) is 0 Å². The maximum Gasteiger partial charge on any atom is 0.324 e. The van der Waals surface area contributed by atoms with Crippen LogP contribution in [0.2, 0.25) is 0 Å². The number of aromatic nitrogens is 3. The van der Waals surface area contributed by atoms with Crippen molar-refractivity contribution in [2.24, 2.45) is 23.8 Å². The highest BCUT2D eigenvalue weighted by Crippen LogP contribution is 2.43. The van der Waals surface area contributed by atoms with Crippen molar-refractivity contribution in [3.05, 3.63) is 58.2 Å². The maximum absolute atomic E-state index is 14.6. The van der Waals surface area contributed by atoms with Crippen molar-refractivity contribution in [3.63, 3.8) is 0 Å². The van der Waals surface area contributed by atoms with Crippen molar-refractivity contribution in [2.45, 2.75) is 105 Å². The SMILES string of the molecule is CC#CC(=O)N1CC2(CCN([C@H](C(=O)N[C@H]3Cc4nc(cs4)-c4ccc5c(c4)c(c(-c4cccnc4C(C)C)n5C)CC(C)(C)COC(=O)[C@@H]4CCCN(N4)C3=O)C(C)C)C2=O)C1. The molecule has 0 saturated carbocycles. The average molecular weight is 875 g/mol. The molecule has 332 valence electrons. The summed E-state index contributed by atoms with van der Waals surface area (Å²) in [5.41, 5.74) is 8.92. The number of nitrogens with one attached hydrogen (secondary N) is 2. The van der Waals surface area contributed by atoms with E-state index in [9.17, 15) is 24.0 Å². The van der Waals surface area contributed by atoms with Crippen LogP contribution in [0.1, 0.15) is 89.9 Å². The first kappa shape index (κ1) is 44.0. The summed E-state index contributed by atoms with van der Waals surface area (Å²) in [7, 11) is 2.09. The molecule has 1 spiro atoms. The summed E-state index contributed by atoms with van der Waals surface area (Å²) in [4.78, 5) is 82.5. The van der Waals surface area contributed by atoms with Gasteiger partial charge in [-0.25, -0.2) is 10.4 Å². The number of rotatable bonds is 6. The molecular formula is C48H58N8O6S. The van der Waals surface area contributed by atoms with Gasteiger partial charge in [-0.2, -0.15) is 0 Å². The topological polar surface area (TPSA) is 159 Å². The van der Waals surface area contributed by atoms with Crippen molar-refractivity contribution in [2.75, 3.05) is 32.8 Å². The van der Waals surface area contributed by atoms with E-state index in [0.29, 0.717) is 43.8 Å². The Balaban J connectivity index is 1.14. The number of fused-ring (bicyclic) bond motifs is 6. The molecule has 4 aliphatic rings. The number of benzene rings is 1. The van der Waals surface area contributed by atoms with Gasteiger partial charge in [0, 0.05) is 78.7 Å². The third-order valence-corrected chi connectivity index (χ3v) is 13.9. The van der Waals surface area contributed by atoms with Crippen molar-refractivity contribution in [1.29, 1.82) is 0 Å². The summed E-state index contributed by atoms with van der Waals surface area (Å²) in [5, 5.41) is 8.18.